The quantitative estimate of drug-likeness (QED) is 0.840. The molecule has 6 nitrogen and oxygen atoms in total. The van der Waals surface area contributed by atoms with Crippen LogP contribution in [0.3, 0.4) is 0 Å². The average Bonchev–Trinajstić information content (AvgIpc) is 2.88. The summed E-state index contributed by atoms with van der Waals surface area (Å²) in [5, 5.41) is 6.33. The maximum absolute atomic E-state index is 12.2. The monoisotopic (exact) mass is 338 g/mol. The van der Waals surface area contributed by atoms with Gasteiger partial charge in [-0.1, -0.05) is 24.3 Å². The second kappa shape index (κ2) is 6.11. The molecule has 0 radical (unpaired) electrons. The Morgan fingerprint density at radius 1 is 1.24 bits per heavy atom. The van der Waals surface area contributed by atoms with E-state index in [0.717, 1.165) is 49.1 Å². The van der Waals surface area contributed by atoms with Crippen molar-refractivity contribution in [2.75, 3.05) is 13.1 Å². The van der Waals surface area contributed by atoms with Gasteiger partial charge in [0.05, 0.1) is 11.2 Å². The number of rotatable bonds is 3. The normalized spacial score (nSPS) is 27.3. The van der Waals surface area contributed by atoms with E-state index in [1.54, 1.807) is 0 Å². The van der Waals surface area contributed by atoms with Gasteiger partial charge in [0.2, 0.25) is 0 Å². The van der Waals surface area contributed by atoms with Crippen molar-refractivity contribution in [3.63, 3.8) is 0 Å². The number of para-hydroxylation sites is 1. The molecular formula is C19H22N4O2. The Kier molecular flexibility index (Phi) is 3.92. The molecule has 1 aromatic carbocycles. The van der Waals surface area contributed by atoms with Gasteiger partial charge in [-0.2, -0.15) is 0 Å². The summed E-state index contributed by atoms with van der Waals surface area (Å²) < 4.78 is 0. The van der Waals surface area contributed by atoms with Gasteiger partial charge in [-0.3, -0.25) is 20.0 Å². The van der Waals surface area contributed by atoms with Crippen molar-refractivity contribution in [3.8, 4) is 0 Å². The van der Waals surface area contributed by atoms with Crippen molar-refractivity contribution < 1.29 is 9.59 Å². The Balaban J connectivity index is 1.49. The van der Waals surface area contributed by atoms with Gasteiger partial charge in [-0.15, -0.1) is 0 Å². The molecule has 2 atom stereocenters. The number of hydrogen-bond acceptors (Lipinski definition) is 4. The molecule has 130 valence electrons. The Morgan fingerprint density at radius 3 is 2.88 bits per heavy atom. The summed E-state index contributed by atoms with van der Waals surface area (Å²) in [6, 6.07) is 11.9. The van der Waals surface area contributed by atoms with Crippen LogP contribution in [-0.2, 0) is 11.3 Å². The van der Waals surface area contributed by atoms with Crippen LogP contribution in [0.5, 0.6) is 0 Å². The van der Waals surface area contributed by atoms with Crippen molar-refractivity contribution in [1.29, 1.82) is 0 Å². The van der Waals surface area contributed by atoms with Crippen molar-refractivity contribution in [1.82, 2.24) is 20.5 Å². The number of benzene rings is 1. The molecule has 6 heteroatoms. The SMILES string of the molecule is C[C@@]1([C@H]2CCCN(Cc3ccc4ccccc4n3)C2)NC(=O)NC1=O. The minimum absolute atomic E-state index is 0.105. The summed E-state index contributed by atoms with van der Waals surface area (Å²) in [5.41, 5.74) is 1.22. The van der Waals surface area contributed by atoms with Gasteiger partial charge >= 0.3 is 6.03 Å². The Bertz CT molecular complexity index is 837. The average molecular weight is 338 g/mol. The van der Waals surface area contributed by atoms with Gasteiger partial charge in [0.15, 0.2) is 0 Å². The first-order valence-electron chi connectivity index (χ1n) is 8.75. The van der Waals surface area contributed by atoms with Crippen LogP contribution in [-0.4, -0.2) is 40.5 Å². The highest BCUT2D eigenvalue weighted by atomic mass is 16.2. The van der Waals surface area contributed by atoms with E-state index in [2.05, 4.69) is 33.7 Å². The first-order chi connectivity index (χ1) is 12.0. The lowest BCUT2D eigenvalue weighted by Crippen LogP contribution is -2.55. The van der Waals surface area contributed by atoms with Crippen molar-refractivity contribution >= 4 is 22.8 Å². The lowest BCUT2D eigenvalue weighted by atomic mass is 9.80. The van der Waals surface area contributed by atoms with Crippen LogP contribution >= 0.6 is 0 Å². The van der Waals surface area contributed by atoms with E-state index in [1.807, 2.05) is 25.1 Å². The van der Waals surface area contributed by atoms with Crippen molar-refractivity contribution in [2.24, 2.45) is 5.92 Å². The van der Waals surface area contributed by atoms with Gasteiger partial charge in [0, 0.05) is 24.4 Å². The summed E-state index contributed by atoms with van der Waals surface area (Å²) in [4.78, 5) is 30.8. The van der Waals surface area contributed by atoms with E-state index in [-0.39, 0.29) is 17.9 Å². The van der Waals surface area contributed by atoms with Gasteiger partial charge < -0.3 is 5.32 Å². The predicted octanol–water partition coefficient (Wildman–Crippen LogP) is 2.04. The van der Waals surface area contributed by atoms with E-state index in [4.69, 9.17) is 4.98 Å². The molecule has 2 aliphatic heterocycles. The molecule has 4 rings (SSSR count). The maximum Gasteiger partial charge on any atom is 0.322 e. The molecule has 0 bridgehead atoms. The van der Waals surface area contributed by atoms with Gasteiger partial charge in [-0.25, -0.2) is 4.79 Å². The van der Waals surface area contributed by atoms with Crippen LogP contribution in [0.2, 0.25) is 0 Å². The number of hydrogen-bond donors (Lipinski definition) is 2. The highest BCUT2D eigenvalue weighted by molar-refractivity contribution is 6.07. The van der Waals surface area contributed by atoms with E-state index >= 15 is 0 Å². The van der Waals surface area contributed by atoms with E-state index in [9.17, 15) is 9.59 Å². The summed E-state index contributed by atoms with van der Waals surface area (Å²) in [6.07, 6.45) is 1.95. The predicted molar refractivity (Wildman–Crippen MR) is 94.8 cm³/mol. The van der Waals surface area contributed by atoms with Crippen LogP contribution in [0.25, 0.3) is 10.9 Å². The zero-order chi connectivity index (χ0) is 17.4. The molecule has 0 aliphatic carbocycles. The summed E-state index contributed by atoms with van der Waals surface area (Å²) in [7, 11) is 0. The van der Waals surface area contributed by atoms with E-state index in [0.29, 0.717) is 0 Å². The number of likely N-dealkylation sites (tertiary alicyclic amines) is 1. The third kappa shape index (κ3) is 2.98. The molecule has 1 aromatic heterocycles. The lowest BCUT2D eigenvalue weighted by Gasteiger charge is -2.39. The molecule has 2 aromatic rings. The molecule has 0 spiro atoms. The number of urea groups is 1. The lowest BCUT2D eigenvalue weighted by molar-refractivity contribution is -0.126. The summed E-state index contributed by atoms with van der Waals surface area (Å²) in [6.45, 7) is 4.35. The second-order valence-corrected chi connectivity index (χ2v) is 7.18. The fourth-order valence-electron chi connectivity index (χ4n) is 3.94. The number of piperidine rings is 1. The van der Waals surface area contributed by atoms with E-state index < -0.39 is 5.54 Å². The van der Waals surface area contributed by atoms with Crippen LogP contribution in [0.1, 0.15) is 25.5 Å². The smallest absolute Gasteiger partial charge is 0.322 e. The van der Waals surface area contributed by atoms with Crippen molar-refractivity contribution in [3.05, 3.63) is 42.1 Å². The molecule has 0 saturated carbocycles. The number of imide groups is 1. The molecule has 3 heterocycles. The Hall–Kier alpha value is -2.47. The molecule has 2 aliphatic rings. The topological polar surface area (TPSA) is 74.3 Å². The molecule has 3 amide bonds. The van der Waals surface area contributed by atoms with Gasteiger partial charge in [0.1, 0.15) is 5.54 Å². The van der Waals surface area contributed by atoms with E-state index in [1.165, 1.54) is 0 Å². The molecule has 2 fully saturated rings. The van der Waals surface area contributed by atoms with Crippen LogP contribution in [0.15, 0.2) is 36.4 Å². The number of nitrogens with zero attached hydrogens (tertiary/aromatic N) is 2. The molecule has 25 heavy (non-hydrogen) atoms. The maximum atomic E-state index is 12.2. The van der Waals surface area contributed by atoms with Gasteiger partial charge in [0.25, 0.3) is 5.91 Å². The first kappa shape index (κ1) is 16.0. The number of fused-ring (bicyclic) bond motifs is 1. The minimum atomic E-state index is -0.813. The zero-order valence-electron chi connectivity index (χ0n) is 14.3. The zero-order valence-corrected chi connectivity index (χ0v) is 14.3. The number of aromatic nitrogens is 1. The molecule has 2 N–H and O–H groups in total. The Labute approximate surface area is 146 Å². The number of amides is 3. The van der Waals surface area contributed by atoms with Crippen molar-refractivity contribution in [2.45, 2.75) is 31.8 Å². The third-order valence-electron chi connectivity index (χ3n) is 5.44. The summed E-state index contributed by atoms with van der Waals surface area (Å²) in [5.74, 6) is -0.110. The summed E-state index contributed by atoms with van der Waals surface area (Å²) >= 11 is 0. The molecular weight excluding hydrogens is 316 g/mol. The Morgan fingerprint density at radius 2 is 2.08 bits per heavy atom. The minimum Gasteiger partial charge on any atom is -0.323 e. The number of nitrogens with one attached hydrogen (secondary N) is 2. The third-order valence-corrected chi connectivity index (χ3v) is 5.44. The fourth-order valence-corrected chi connectivity index (χ4v) is 3.94. The van der Waals surface area contributed by atoms with Gasteiger partial charge in [-0.05, 0) is 38.4 Å². The van der Waals surface area contributed by atoms with Crippen LogP contribution in [0, 0.1) is 5.92 Å². The standard InChI is InChI=1S/C19H22N4O2/c1-19(17(24)21-18(25)22-19)14-6-4-10-23(11-14)12-15-9-8-13-5-2-3-7-16(13)20-15/h2-3,5,7-9,14H,4,6,10-12H2,1H3,(H2,21,22,24,25)/t14-,19-/m0/s1. The fraction of sp³-hybridized carbons (Fsp3) is 0.421. The number of carbonyl (C=O) groups is 2. The van der Waals surface area contributed by atoms with Crippen LogP contribution in [0.4, 0.5) is 4.79 Å². The largest absolute Gasteiger partial charge is 0.323 e. The first-order valence-corrected chi connectivity index (χ1v) is 8.75. The second-order valence-electron chi connectivity index (χ2n) is 7.18. The molecule has 2 saturated heterocycles. The molecule has 0 unspecified atom stereocenters. The number of pyridine rings is 1. The number of carbonyl (C=O) groups excluding carboxylic acids is 2. The highest BCUT2D eigenvalue weighted by Gasteiger charge is 2.48. The van der Waals surface area contributed by atoms with Crippen LogP contribution < -0.4 is 10.6 Å². The highest BCUT2D eigenvalue weighted by Crippen LogP contribution is 2.30.